The summed E-state index contributed by atoms with van der Waals surface area (Å²) < 4.78 is 17.0. The van der Waals surface area contributed by atoms with E-state index in [2.05, 4.69) is 11.1 Å². The highest BCUT2D eigenvalue weighted by molar-refractivity contribution is 5.34. The third kappa shape index (κ3) is 1.28. The summed E-state index contributed by atoms with van der Waals surface area (Å²) in [5.41, 5.74) is 1.67. The van der Waals surface area contributed by atoms with E-state index in [1.165, 1.54) is 5.56 Å². The molecule has 3 rings (SSSR count). The molecule has 0 saturated heterocycles. The van der Waals surface area contributed by atoms with E-state index >= 15 is 0 Å². The van der Waals surface area contributed by atoms with E-state index in [9.17, 15) is 0 Å². The SMILES string of the molecule is CO[C@]12Cc3ncccc3C[C@]1(OC)C=CO2. The van der Waals surface area contributed by atoms with E-state index in [0.29, 0.717) is 6.42 Å². The van der Waals surface area contributed by atoms with Crippen LogP contribution in [-0.2, 0) is 27.1 Å². The van der Waals surface area contributed by atoms with E-state index < -0.39 is 11.4 Å². The fourth-order valence-corrected chi connectivity index (χ4v) is 2.75. The van der Waals surface area contributed by atoms with Crippen LogP contribution in [0.4, 0.5) is 0 Å². The Hall–Kier alpha value is -1.39. The molecule has 2 atom stereocenters. The van der Waals surface area contributed by atoms with E-state index in [1.807, 2.05) is 12.1 Å². The van der Waals surface area contributed by atoms with Crippen LogP contribution < -0.4 is 0 Å². The quantitative estimate of drug-likeness (QED) is 0.775. The van der Waals surface area contributed by atoms with Gasteiger partial charge in [0, 0.05) is 26.8 Å². The minimum atomic E-state index is -0.775. The minimum Gasteiger partial charge on any atom is -0.466 e. The molecular formula is C13H15NO3. The van der Waals surface area contributed by atoms with Crippen molar-refractivity contribution in [2.75, 3.05) is 14.2 Å². The number of nitrogens with zero attached hydrogens (tertiary/aromatic N) is 1. The fraction of sp³-hybridized carbons (Fsp3) is 0.462. The third-order valence-corrected chi connectivity index (χ3v) is 3.77. The maximum atomic E-state index is 5.69. The van der Waals surface area contributed by atoms with Crippen LogP contribution in [0.25, 0.3) is 0 Å². The van der Waals surface area contributed by atoms with Gasteiger partial charge in [-0.05, 0) is 17.7 Å². The van der Waals surface area contributed by atoms with Gasteiger partial charge in [0.15, 0.2) is 5.60 Å². The highest BCUT2D eigenvalue weighted by Crippen LogP contribution is 2.45. The van der Waals surface area contributed by atoms with Crippen LogP contribution >= 0.6 is 0 Å². The van der Waals surface area contributed by atoms with Crippen molar-refractivity contribution in [2.24, 2.45) is 0 Å². The van der Waals surface area contributed by atoms with Gasteiger partial charge in [-0.1, -0.05) is 6.07 Å². The molecule has 17 heavy (non-hydrogen) atoms. The second-order valence-corrected chi connectivity index (χ2v) is 4.43. The number of fused-ring (bicyclic) bond motifs is 2. The zero-order chi connectivity index (χ0) is 11.9. The molecule has 1 aromatic rings. The Labute approximate surface area is 100 Å². The Morgan fingerprint density at radius 3 is 2.94 bits per heavy atom. The number of ether oxygens (including phenoxy) is 3. The molecule has 0 aromatic carbocycles. The van der Waals surface area contributed by atoms with Crippen LogP contribution in [0, 0.1) is 0 Å². The van der Waals surface area contributed by atoms with Gasteiger partial charge in [-0.15, -0.1) is 0 Å². The van der Waals surface area contributed by atoms with Gasteiger partial charge in [-0.25, -0.2) is 0 Å². The zero-order valence-electron chi connectivity index (χ0n) is 9.97. The average Bonchev–Trinajstić information content (AvgIpc) is 2.75. The predicted molar refractivity (Wildman–Crippen MR) is 61.4 cm³/mol. The second kappa shape index (κ2) is 3.55. The van der Waals surface area contributed by atoms with Crippen molar-refractivity contribution < 1.29 is 14.2 Å². The molecule has 4 heteroatoms. The van der Waals surface area contributed by atoms with Crippen LogP contribution in [0.2, 0.25) is 0 Å². The van der Waals surface area contributed by atoms with Crippen LogP contribution in [0.15, 0.2) is 30.7 Å². The third-order valence-electron chi connectivity index (χ3n) is 3.77. The Bertz CT molecular complexity index is 473. The molecule has 0 spiro atoms. The van der Waals surface area contributed by atoms with Gasteiger partial charge in [0.1, 0.15) is 0 Å². The number of hydrogen-bond acceptors (Lipinski definition) is 4. The standard InChI is InChI=1S/C13H15NO3/c1-15-12-5-7-17-13(12,16-2)9-11-10(8-12)4-3-6-14-11/h3-7H,8-9H2,1-2H3/t12-,13+/m1/s1. The molecule has 0 unspecified atom stereocenters. The topological polar surface area (TPSA) is 40.6 Å². The van der Waals surface area contributed by atoms with E-state index in [1.54, 1.807) is 26.7 Å². The zero-order valence-corrected chi connectivity index (χ0v) is 9.97. The smallest absolute Gasteiger partial charge is 0.248 e. The number of pyridine rings is 1. The summed E-state index contributed by atoms with van der Waals surface area (Å²) in [5.74, 6) is -0.775. The molecule has 0 fully saturated rings. The summed E-state index contributed by atoms with van der Waals surface area (Å²) >= 11 is 0. The van der Waals surface area contributed by atoms with Crippen LogP contribution in [0.5, 0.6) is 0 Å². The summed E-state index contributed by atoms with van der Waals surface area (Å²) in [6.45, 7) is 0. The van der Waals surface area contributed by atoms with Crippen molar-refractivity contribution >= 4 is 0 Å². The van der Waals surface area contributed by atoms with Gasteiger partial charge >= 0.3 is 0 Å². The molecule has 1 aliphatic carbocycles. The molecule has 0 amide bonds. The highest BCUT2D eigenvalue weighted by atomic mass is 16.7. The normalized spacial score (nSPS) is 34.0. The molecule has 0 saturated carbocycles. The summed E-state index contributed by atoms with van der Waals surface area (Å²) in [6.07, 6.45) is 6.72. The summed E-state index contributed by atoms with van der Waals surface area (Å²) in [7, 11) is 3.34. The number of rotatable bonds is 2. The fourth-order valence-electron chi connectivity index (χ4n) is 2.75. The Balaban J connectivity index is 2.11. The summed E-state index contributed by atoms with van der Waals surface area (Å²) in [5, 5.41) is 0. The van der Waals surface area contributed by atoms with Crippen molar-refractivity contribution in [3.05, 3.63) is 41.9 Å². The highest BCUT2D eigenvalue weighted by Gasteiger charge is 2.59. The average molecular weight is 233 g/mol. The molecule has 2 aliphatic rings. The first-order valence-electron chi connectivity index (χ1n) is 5.64. The predicted octanol–water partition coefficient (Wildman–Crippen LogP) is 1.45. The lowest BCUT2D eigenvalue weighted by Gasteiger charge is -2.44. The van der Waals surface area contributed by atoms with Gasteiger partial charge in [0.05, 0.1) is 18.4 Å². The first-order chi connectivity index (χ1) is 8.25. The van der Waals surface area contributed by atoms with Gasteiger partial charge in [-0.2, -0.15) is 0 Å². The monoisotopic (exact) mass is 233 g/mol. The van der Waals surface area contributed by atoms with Crippen LogP contribution in [0.3, 0.4) is 0 Å². The number of aromatic nitrogens is 1. The maximum Gasteiger partial charge on any atom is 0.248 e. The van der Waals surface area contributed by atoms with Crippen LogP contribution in [-0.4, -0.2) is 30.6 Å². The first-order valence-corrected chi connectivity index (χ1v) is 5.64. The van der Waals surface area contributed by atoms with Crippen molar-refractivity contribution in [3.8, 4) is 0 Å². The van der Waals surface area contributed by atoms with Crippen molar-refractivity contribution in [1.29, 1.82) is 0 Å². The van der Waals surface area contributed by atoms with Gasteiger partial charge < -0.3 is 14.2 Å². The van der Waals surface area contributed by atoms with E-state index in [-0.39, 0.29) is 0 Å². The number of methoxy groups -OCH3 is 2. The minimum absolute atomic E-state index is 0.544. The van der Waals surface area contributed by atoms with Crippen molar-refractivity contribution in [3.63, 3.8) is 0 Å². The molecule has 2 heterocycles. The van der Waals surface area contributed by atoms with Gasteiger partial charge in [0.25, 0.3) is 0 Å². The van der Waals surface area contributed by atoms with Crippen LogP contribution in [0.1, 0.15) is 11.3 Å². The van der Waals surface area contributed by atoms with E-state index in [0.717, 1.165) is 12.1 Å². The molecule has 4 nitrogen and oxygen atoms in total. The maximum absolute atomic E-state index is 5.69. The molecule has 1 aromatic heterocycles. The first kappa shape index (κ1) is 10.7. The number of hydrogen-bond donors (Lipinski definition) is 0. The molecular weight excluding hydrogens is 218 g/mol. The summed E-state index contributed by atoms with van der Waals surface area (Å²) in [6, 6.07) is 4.02. The molecule has 1 aliphatic heterocycles. The molecule has 0 radical (unpaired) electrons. The van der Waals surface area contributed by atoms with Gasteiger partial charge in [0.2, 0.25) is 5.79 Å². The van der Waals surface area contributed by atoms with Crippen molar-refractivity contribution in [2.45, 2.75) is 24.2 Å². The largest absolute Gasteiger partial charge is 0.466 e. The second-order valence-electron chi connectivity index (χ2n) is 4.43. The molecule has 0 bridgehead atoms. The molecule has 0 N–H and O–H groups in total. The Morgan fingerprint density at radius 1 is 1.29 bits per heavy atom. The Morgan fingerprint density at radius 2 is 2.18 bits per heavy atom. The lowest BCUT2D eigenvalue weighted by Crippen LogP contribution is -2.59. The molecule has 90 valence electrons. The van der Waals surface area contributed by atoms with E-state index in [4.69, 9.17) is 14.2 Å². The van der Waals surface area contributed by atoms with Gasteiger partial charge in [-0.3, -0.25) is 4.98 Å². The lowest BCUT2D eigenvalue weighted by atomic mass is 9.78. The van der Waals surface area contributed by atoms with Crippen molar-refractivity contribution in [1.82, 2.24) is 4.98 Å². The summed E-state index contributed by atoms with van der Waals surface area (Å²) in [4.78, 5) is 4.39. The lowest BCUT2D eigenvalue weighted by molar-refractivity contribution is -0.269. The Kier molecular flexibility index (Phi) is 2.24.